The van der Waals surface area contributed by atoms with Crippen LogP contribution in [-0.2, 0) is 6.54 Å². The van der Waals surface area contributed by atoms with Crippen molar-refractivity contribution < 1.29 is 21.9 Å². The average molecular weight is 225 g/mol. The van der Waals surface area contributed by atoms with Crippen molar-refractivity contribution in [1.29, 1.82) is 0 Å². The van der Waals surface area contributed by atoms with Crippen molar-refractivity contribution in [3.63, 3.8) is 0 Å². The highest BCUT2D eigenvalue weighted by atomic mass is 19.5. The molecule has 3 nitrogen and oxygen atoms in total. The highest BCUT2D eigenvalue weighted by molar-refractivity contribution is 6.50. The van der Waals surface area contributed by atoms with Crippen LogP contribution in [0.2, 0.25) is 0 Å². The minimum atomic E-state index is -6.00. The lowest BCUT2D eigenvalue weighted by atomic mass is 10.3. The molecule has 0 saturated carbocycles. The SMILES string of the molecule is CCCC[n+]1cccnn1.F[B-](F)(F)F. The van der Waals surface area contributed by atoms with Gasteiger partial charge in [0.1, 0.15) is 18.0 Å². The number of aromatic nitrogens is 3. The Labute approximate surface area is 85.2 Å². The molecule has 86 valence electrons. The summed E-state index contributed by atoms with van der Waals surface area (Å²) in [5.41, 5.74) is 0. The van der Waals surface area contributed by atoms with Gasteiger partial charge in [0.05, 0.1) is 5.10 Å². The quantitative estimate of drug-likeness (QED) is 0.446. The molecule has 0 aliphatic rings. The number of rotatable bonds is 3. The minimum absolute atomic E-state index is 0.977. The van der Waals surface area contributed by atoms with Crippen LogP contribution >= 0.6 is 0 Å². The first kappa shape index (κ1) is 13.8. The lowest BCUT2D eigenvalue weighted by Gasteiger charge is -1.94. The maximum absolute atomic E-state index is 9.75. The van der Waals surface area contributed by atoms with Crippen LogP contribution in [0.1, 0.15) is 19.8 Å². The number of aryl methyl sites for hydroxylation is 1. The molecule has 0 unspecified atom stereocenters. The lowest BCUT2D eigenvalue weighted by Crippen LogP contribution is -2.38. The van der Waals surface area contributed by atoms with E-state index in [1.54, 1.807) is 6.20 Å². The Morgan fingerprint density at radius 3 is 2.27 bits per heavy atom. The molecule has 0 radical (unpaired) electrons. The summed E-state index contributed by atoms with van der Waals surface area (Å²) >= 11 is 0. The van der Waals surface area contributed by atoms with Gasteiger partial charge in [-0.05, 0) is 6.42 Å². The van der Waals surface area contributed by atoms with Crippen molar-refractivity contribution in [2.75, 3.05) is 0 Å². The van der Waals surface area contributed by atoms with Crippen molar-refractivity contribution >= 4 is 7.25 Å². The largest absolute Gasteiger partial charge is 0.673 e. The van der Waals surface area contributed by atoms with E-state index in [4.69, 9.17) is 0 Å². The van der Waals surface area contributed by atoms with E-state index in [9.17, 15) is 17.3 Å². The molecular formula is C7H12BF4N3. The van der Waals surface area contributed by atoms with Gasteiger partial charge in [0.15, 0.2) is 6.20 Å². The molecule has 8 heteroatoms. The van der Waals surface area contributed by atoms with E-state index in [-0.39, 0.29) is 0 Å². The predicted octanol–water partition coefficient (Wildman–Crippen LogP) is 1.86. The third kappa shape index (κ3) is 12.8. The molecule has 0 aliphatic heterocycles. The number of hydrogen-bond acceptors (Lipinski definition) is 2. The molecule has 1 aromatic heterocycles. The van der Waals surface area contributed by atoms with Gasteiger partial charge < -0.3 is 17.3 Å². The molecular weight excluding hydrogens is 213 g/mol. The highest BCUT2D eigenvalue weighted by Crippen LogP contribution is 2.06. The van der Waals surface area contributed by atoms with Crippen LogP contribution in [0.25, 0.3) is 0 Å². The van der Waals surface area contributed by atoms with E-state index in [1.807, 2.05) is 16.9 Å². The fourth-order valence-electron chi connectivity index (χ4n) is 0.742. The number of hydrogen-bond donors (Lipinski definition) is 0. The standard InChI is InChI=1S/C7H12N3.BF4/c1-2-3-6-10-7-4-5-8-9-10;2-1(3,4)5/h4-5,7H,2-3,6H2,1H3;/q+1;-1. The van der Waals surface area contributed by atoms with Crippen LogP contribution < -0.4 is 4.68 Å². The molecule has 0 saturated heterocycles. The Balaban J connectivity index is 0.000000336. The molecule has 1 heterocycles. The first-order valence-electron chi connectivity index (χ1n) is 4.48. The summed E-state index contributed by atoms with van der Waals surface area (Å²) in [5.74, 6) is 0. The van der Waals surface area contributed by atoms with Crippen LogP contribution in [0.15, 0.2) is 18.5 Å². The maximum Gasteiger partial charge on any atom is 0.673 e. The zero-order chi connectivity index (χ0) is 11.7. The summed E-state index contributed by atoms with van der Waals surface area (Å²) < 4.78 is 40.9. The second-order valence-corrected chi connectivity index (χ2v) is 2.71. The zero-order valence-electron chi connectivity index (χ0n) is 8.28. The number of nitrogens with zero attached hydrogens (tertiary/aromatic N) is 3. The second kappa shape index (κ2) is 7.13. The minimum Gasteiger partial charge on any atom is -0.418 e. The van der Waals surface area contributed by atoms with Crippen molar-refractivity contribution in [3.8, 4) is 0 Å². The van der Waals surface area contributed by atoms with Gasteiger partial charge in [-0.1, -0.05) is 13.3 Å². The monoisotopic (exact) mass is 225 g/mol. The number of unbranched alkanes of at least 4 members (excludes halogenated alkanes) is 1. The zero-order valence-corrected chi connectivity index (χ0v) is 8.28. The first-order chi connectivity index (χ1) is 6.93. The van der Waals surface area contributed by atoms with Gasteiger partial charge in [0, 0.05) is 6.07 Å². The van der Waals surface area contributed by atoms with Crippen molar-refractivity contribution in [2.24, 2.45) is 0 Å². The molecule has 0 aromatic carbocycles. The van der Waals surface area contributed by atoms with Crippen LogP contribution in [0, 0.1) is 0 Å². The molecule has 1 rings (SSSR count). The molecule has 1 aromatic rings. The fraction of sp³-hybridized carbons (Fsp3) is 0.571. The average Bonchev–Trinajstić information content (AvgIpc) is 2.14. The smallest absolute Gasteiger partial charge is 0.418 e. The van der Waals surface area contributed by atoms with Gasteiger partial charge >= 0.3 is 7.25 Å². The van der Waals surface area contributed by atoms with Crippen molar-refractivity contribution in [1.82, 2.24) is 10.3 Å². The molecule has 0 N–H and O–H groups in total. The summed E-state index contributed by atoms with van der Waals surface area (Å²) in [5, 5.41) is 7.63. The highest BCUT2D eigenvalue weighted by Gasteiger charge is 2.20. The fourth-order valence-corrected chi connectivity index (χ4v) is 0.742. The van der Waals surface area contributed by atoms with Crippen LogP contribution in [0.3, 0.4) is 0 Å². The van der Waals surface area contributed by atoms with E-state index < -0.39 is 7.25 Å². The summed E-state index contributed by atoms with van der Waals surface area (Å²) in [6.45, 7) is 3.14. The number of halogens is 4. The molecule has 0 bridgehead atoms. The Morgan fingerprint density at radius 2 is 1.87 bits per heavy atom. The maximum atomic E-state index is 9.75. The topological polar surface area (TPSA) is 29.7 Å². The molecule has 0 atom stereocenters. The summed E-state index contributed by atoms with van der Waals surface area (Å²) in [6, 6.07) is 1.89. The van der Waals surface area contributed by atoms with Gasteiger partial charge in [-0.2, -0.15) is 0 Å². The third-order valence-electron chi connectivity index (χ3n) is 1.32. The van der Waals surface area contributed by atoms with Gasteiger partial charge in [-0.25, -0.2) is 0 Å². The first-order valence-corrected chi connectivity index (χ1v) is 4.48. The predicted molar refractivity (Wildman–Crippen MR) is 47.3 cm³/mol. The summed E-state index contributed by atoms with van der Waals surface area (Å²) in [4.78, 5) is 0. The normalized spacial score (nSPS) is 10.5. The lowest BCUT2D eigenvalue weighted by molar-refractivity contribution is -0.759. The van der Waals surface area contributed by atoms with E-state index in [2.05, 4.69) is 17.2 Å². The van der Waals surface area contributed by atoms with Crippen molar-refractivity contribution in [3.05, 3.63) is 18.5 Å². The Kier molecular flexibility index (Phi) is 6.56. The molecule has 0 aliphatic carbocycles. The summed E-state index contributed by atoms with van der Waals surface area (Å²) in [7, 11) is -6.00. The van der Waals surface area contributed by atoms with Gasteiger partial charge in [-0.15, -0.1) is 4.68 Å². The Hall–Kier alpha value is -1.21. The van der Waals surface area contributed by atoms with E-state index in [0.29, 0.717) is 0 Å². The van der Waals surface area contributed by atoms with Crippen LogP contribution in [0.5, 0.6) is 0 Å². The molecule has 0 spiro atoms. The molecule has 15 heavy (non-hydrogen) atoms. The second-order valence-electron chi connectivity index (χ2n) is 2.71. The van der Waals surface area contributed by atoms with E-state index >= 15 is 0 Å². The van der Waals surface area contributed by atoms with E-state index in [0.717, 1.165) is 6.54 Å². The van der Waals surface area contributed by atoms with Crippen LogP contribution in [0.4, 0.5) is 17.3 Å². The van der Waals surface area contributed by atoms with Crippen LogP contribution in [-0.4, -0.2) is 17.6 Å². The Bertz CT molecular complexity index is 248. The van der Waals surface area contributed by atoms with Gasteiger partial charge in [0.25, 0.3) is 0 Å². The van der Waals surface area contributed by atoms with Gasteiger partial charge in [-0.3, -0.25) is 0 Å². The van der Waals surface area contributed by atoms with E-state index in [1.165, 1.54) is 12.8 Å². The Morgan fingerprint density at radius 1 is 1.27 bits per heavy atom. The van der Waals surface area contributed by atoms with Gasteiger partial charge in [0.2, 0.25) is 0 Å². The summed E-state index contributed by atoms with van der Waals surface area (Å²) in [6.07, 6.45) is 5.98. The molecule has 0 amide bonds. The third-order valence-corrected chi connectivity index (χ3v) is 1.32. The van der Waals surface area contributed by atoms with Crippen molar-refractivity contribution in [2.45, 2.75) is 26.3 Å². The molecule has 0 fully saturated rings.